The van der Waals surface area contributed by atoms with Gasteiger partial charge in [0.15, 0.2) is 0 Å². The number of nitrogens with two attached hydrogens (primary N) is 1. The number of aliphatic hydroxyl groups excluding tert-OH is 1. The predicted molar refractivity (Wildman–Crippen MR) is 175 cm³/mol. The molecule has 0 aliphatic heterocycles. The summed E-state index contributed by atoms with van der Waals surface area (Å²) in [6.07, 6.45) is -2.46. The monoisotopic (exact) mass is 631 g/mol. The smallest absolute Gasteiger partial charge is 0.408 e. The quantitative estimate of drug-likeness (QED) is 0.182. The molecule has 3 aromatic carbocycles. The number of hydrogen-bond acceptors (Lipinski definition) is 6. The molecule has 3 aromatic rings. The van der Waals surface area contributed by atoms with Gasteiger partial charge in [-0.15, -0.1) is 0 Å². The summed E-state index contributed by atoms with van der Waals surface area (Å²) in [5, 5.41) is 19.8. The lowest BCUT2D eigenvalue weighted by Crippen LogP contribution is -2.57. The molecule has 46 heavy (non-hydrogen) atoms. The Morgan fingerprint density at radius 1 is 0.848 bits per heavy atom. The Morgan fingerprint density at radius 3 is 1.93 bits per heavy atom. The summed E-state index contributed by atoms with van der Waals surface area (Å²) < 4.78 is 5.24. The van der Waals surface area contributed by atoms with Crippen molar-refractivity contribution in [2.75, 3.05) is 6.54 Å². The number of rotatable bonds is 14. The molecule has 0 bridgehead atoms. The van der Waals surface area contributed by atoms with Gasteiger partial charge in [0.2, 0.25) is 11.8 Å². The van der Waals surface area contributed by atoms with Crippen LogP contribution in [0.4, 0.5) is 9.59 Å². The van der Waals surface area contributed by atoms with Crippen LogP contribution in [0.15, 0.2) is 91.0 Å². The molecular weight excluding hydrogens is 586 g/mol. The molecule has 3 rings (SSSR count). The van der Waals surface area contributed by atoms with E-state index >= 15 is 0 Å². The first kappa shape index (κ1) is 35.6. The molecule has 6 N–H and O–H groups in total. The lowest BCUT2D eigenvalue weighted by atomic mass is 9.98. The van der Waals surface area contributed by atoms with Gasteiger partial charge in [-0.2, -0.15) is 0 Å². The summed E-state index contributed by atoms with van der Waals surface area (Å²) in [6, 6.07) is 24.5. The fraction of sp³-hybridized carbons (Fsp3) is 0.371. The number of hydrogen-bond donors (Lipinski definition) is 5. The van der Waals surface area contributed by atoms with Gasteiger partial charge in [-0.1, -0.05) is 91.0 Å². The van der Waals surface area contributed by atoms with Crippen LogP contribution in [0, 0.1) is 0 Å². The summed E-state index contributed by atoms with van der Waals surface area (Å²) in [4.78, 5) is 53.1. The second-order valence-corrected chi connectivity index (χ2v) is 12.2. The largest absolute Gasteiger partial charge is 0.445 e. The average molecular weight is 632 g/mol. The van der Waals surface area contributed by atoms with Gasteiger partial charge in [-0.05, 0) is 50.8 Å². The summed E-state index contributed by atoms with van der Waals surface area (Å²) in [5.74, 6) is -1.55. The normalized spacial score (nSPS) is 13.8. The third-order valence-electron chi connectivity index (χ3n) is 7.19. The van der Waals surface area contributed by atoms with E-state index in [9.17, 15) is 24.3 Å². The standard InChI is InChI=1S/C35H45N5O6/c1-24(27-18-12-7-13-19-27)40(33(44)39-35(2,3)4)22-30(41)28(20-25-14-8-5-9-15-25)37-32(43)29(21-31(36)42)38-34(45)46-23-26-16-10-6-11-17-26/h5-19,24,28-30,41H,20-23H2,1-4H3,(H2,36,42)(H,37,43)(H,38,45)(H,39,44)/t24-,28?,29?,30?/m1/s1. The van der Waals surface area contributed by atoms with Crippen LogP contribution >= 0.6 is 0 Å². The molecule has 0 heterocycles. The number of carbonyl (C=O) groups is 4. The van der Waals surface area contributed by atoms with Crippen molar-refractivity contribution < 1.29 is 29.0 Å². The van der Waals surface area contributed by atoms with Gasteiger partial charge in [-0.3, -0.25) is 9.59 Å². The summed E-state index contributed by atoms with van der Waals surface area (Å²) in [5.41, 5.74) is 7.29. The van der Waals surface area contributed by atoms with Gasteiger partial charge in [-0.25, -0.2) is 9.59 Å². The maximum absolute atomic E-state index is 13.6. The molecule has 0 aliphatic carbocycles. The maximum atomic E-state index is 13.6. The first-order valence-electron chi connectivity index (χ1n) is 15.2. The molecule has 0 saturated heterocycles. The zero-order valence-corrected chi connectivity index (χ0v) is 26.8. The van der Waals surface area contributed by atoms with Gasteiger partial charge in [0.1, 0.15) is 12.6 Å². The highest BCUT2D eigenvalue weighted by atomic mass is 16.5. The molecule has 0 radical (unpaired) electrons. The van der Waals surface area contributed by atoms with E-state index < -0.39 is 54.1 Å². The summed E-state index contributed by atoms with van der Waals surface area (Å²) in [6.45, 7) is 7.27. The van der Waals surface area contributed by atoms with E-state index in [4.69, 9.17) is 10.5 Å². The molecule has 0 spiro atoms. The molecule has 11 nitrogen and oxygen atoms in total. The second kappa shape index (κ2) is 17.0. The molecule has 4 atom stereocenters. The number of ether oxygens (including phenoxy) is 1. The van der Waals surface area contributed by atoms with Gasteiger partial charge in [0.05, 0.1) is 31.2 Å². The van der Waals surface area contributed by atoms with Gasteiger partial charge < -0.3 is 36.4 Å². The number of primary amides is 1. The van der Waals surface area contributed by atoms with E-state index in [2.05, 4.69) is 16.0 Å². The summed E-state index contributed by atoms with van der Waals surface area (Å²) >= 11 is 0. The molecule has 246 valence electrons. The maximum Gasteiger partial charge on any atom is 0.408 e. The van der Waals surface area contributed by atoms with Gasteiger partial charge in [0, 0.05) is 5.54 Å². The molecule has 0 saturated carbocycles. The highest BCUT2D eigenvalue weighted by Gasteiger charge is 2.33. The highest BCUT2D eigenvalue weighted by Crippen LogP contribution is 2.22. The third kappa shape index (κ3) is 11.9. The van der Waals surface area contributed by atoms with E-state index in [1.54, 1.807) is 24.3 Å². The summed E-state index contributed by atoms with van der Waals surface area (Å²) in [7, 11) is 0. The van der Waals surface area contributed by atoms with Crippen LogP contribution in [0.25, 0.3) is 0 Å². The van der Waals surface area contributed by atoms with Crippen LogP contribution in [0.1, 0.15) is 56.8 Å². The number of aliphatic hydroxyl groups is 1. The van der Waals surface area contributed by atoms with Crippen LogP contribution in [0.3, 0.4) is 0 Å². The van der Waals surface area contributed by atoms with Crippen molar-refractivity contribution >= 4 is 23.9 Å². The van der Waals surface area contributed by atoms with Crippen molar-refractivity contribution in [2.24, 2.45) is 5.73 Å². The van der Waals surface area contributed by atoms with E-state index in [1.165, 1.54) is 4.90 Å². The molecule has 0 aliphatic rings. The Labute approximate surface area is 270 Å². The number of nitrogens with zero attached hydrogens (tertiary/aromatic N) is 1. The van der Waals surface area contributed by atoms with Crippen molar-refractivity contribution in [3.05, 3.63) is 108 Å². The predicted octanol–water partition coefficient (Wildman–Crippen LogP) is 3.82. The zero-order chi connectivity index (χ0) is 33.7. The SMILES string of the molecule is C[C@H](c1ccccc1)N(CC(O)C(Cc1ccccc1)NC(=O)C(CC(N)=O)NC(=O)OCc1ccccc1)C(=O)NC(C)(C)C. The van der Waals surface area contributed by atoms with Crippen LogP contribution in [-0.2, 0) is 27.4 Å². The first-order chi connectivity index (χ1) is 21.8. The molecule has 11 heteroatoms. The van der Waals surface area contributed by atoms with E-state index in [-0.39, 0.29) is 25.6 Å². The average Bonchev–Trinajstić information content (AvgIpc) is 3.02. The number of urea groups is 1. The topological polar surface area (TPSA) is 163 Å². The fourth-order valence-electron chi connectivity index (χ4n) is 4.80. The van der Waals surface area contributed by atoms with Gasteiger partial charge >= 0.3 is 12.1 Å². The van der Waals surface area contributed by atoms with Gasteiger partial charge in [0.25, 0.3) is 0 Å². The first-order valence-corrected chi connectivity index (χ1v) is 15.2. The number of amides is 5. The van der Waals surface area contributed by atoms with Crippen LogP contribution in [0.2, 0.25) is 0 Å². The molecule has 3 unspecified atom stereocenters. The number of carbonyl (C=O) groups excluding carboxylic acids is 4. The van der Waals surface area contributed by atoms with Crippen LogP contribution < -0.4 is 21.7 Å². The number of alkyl carbamates (subject to hydrolysis) is 1. The molecule has 5 amide bonds. The minimum Gasteiger partial charge on any atom is -0.445 e. The molecular formula is C35H45N5O6. The number of benzene rings is 3. The van der Waals surface area contributed by atoms with Crippen molar-refractivity contribution in [3.8, 4) is 0 Å². The highest BCUT2D eigenvalue weighted by molar-refractivity contribution is 5.90. The van der Waals surface area contributed by atoms with E-state index in [0.717, 1.165) is 16.7 Å². The second-order valence-electron chi connectivity index (χ2n) is 12.2. The number of nitrogens with one attached hydrogen (secondary N) is 3. The van der Waals surface area contributed by atoms with Crippen LogP contribution in [0.5, 0.6) is 0 Å². The van der Waals surface area contributed by atoms with E-state index in [0.29, 0.717) is 0 Å². The minimum absolute atomic E-state index is 0.0427. The van der Waals surface area contributed by atoms with E-state index in [1.807, 2.05) is 94.4 Å². The van der Waals surface area contributed by atoms with Crippen molar-refractivity contribution in [2.45, 2.75) is 76.9 Å². The fourth-order valence-corrected chi connectivity index (χ4v) is 4.80. The Hall–Kier alpha value is -4.90. The Morgan fingerprint density at radius 2 is 1.39 bits per heavy atom. The minimum atomic E-state index is -1.37. The van der Waals surface area contributed by atoms with Crippen molar-refractivity contribution in [1.82, 2.24) is 20.9 Å². The Balaban J connectivity index is 1.83. The van der Waals surface area contributed by atoms with Crippen LogP contribution in [-0.4, -0.2) is 64.2 Å². The van der Waals surface area contributed by atoms with Crippen molar-refractivity contribution in [1.29, 1.82) is 0 Å². The Bertz CT molecular complexity index is 1420. The molecule has 0 aromatic heterocycles. The Kier molecular flexibility index (Phi) is 13.1. The third-order valence-corrected chi connectivity index (χ3v) is 7.19. The molecule has 0 fully saturated rings. The lowest BCUT2D eigenvalue weighted by Gasteiger charge is -2.36. The van der Waals surface area contributed by atoms with Crippen molar-refractivity contribution in [3.63, 3.8) is 0 Å². The lowest BCUT2D eigenvalue weighted by molar-refractivity contribution is -0.128. The zero-order valence-electron chi connectivity index (χ0n) is 26.8.